The minimum atomic E-state index is 0. The third-order valence-electron chi connectivity index (χ3n) is 4.53. The van der Waals surface area contributed by atoms with Gasteiger partial charge in [0.15, 0.2) is 0 Å². The van der Waals surface area contributed by atoms with E-state index in [1.54, 1.807) is 6.92 Å². The number of carbonyl (C=O) groups is 2. The first-order valence-corrected chi connectivity index (χ1v) is 15.0. The number of rotatable bonds is 30. The van der Waals surface area contributed by atoms with E-state index >= 15 is 0 Å². The molecule has 11 heteroatoms. The summed E-state index contributed by atoms with van der Waals surface area (Å²) in [4.78, 5) is 22.2. The molecule has 0 aliphatic carbocycles. The number of ether oxygens (including phenoxy) is 8. The van der Waals surface area contributed by atoms with Crippen molar-refractivity contribution in [3.8, 4) is 0 Å². The average Bonchev–Trinajstić information content (AvgIpc) is 2.97. The molecule has 0 aliphatic rings. The van der Waals surface area contributed by atoms with Gasteiger partial charge in [0, 0.05) is 20.8 Å². The van der Waals surface area contributed by atoms with E-state index < -0.39 is 0 Å². The van der Waals surface area contributed by atoms with Crippen molar-refractivity contribution in [3.63, 3.8) is 0 Å². The monoisotopic (exact) mass is 585 g/mol. The second-order valence-corrected chi connectivity index (χ2v) is 7.80. The van der Waals surface area contributed by atoms with Crippen LogP contribution < -0.4 is 5.32 Å². The zero-order valence-corrected chi connectivity index (χ0v) is 26.4. The van der Waals surface area contributed by atoms with E-state index in [1.807, 2.05) is 27.7 Å². The van der Waals surface area contributed by atoms with Crippen molar-refractivity contribution in [1.82, 2.24) is 5.32 Å². The normalized spacial score (nSPS) is 10.3. The number of unbranched alkanes of at least 4 members (excludes halogenated alkanes) is 1. The van der Waals surface area contributed by atoms with E-state index in [-0.39, 0.29) is 13.1 Å². The Balaban J connectivity index is -0.00000130. The molecular weight excluding hydrogens is 522 g/mol. The quantitative estimate of drug-likeness (QED) is 0.125. The van der Waals surface area contributed by atoms with Gasteiger partial charge in [0.05, 0.1) is 106 Å². The summed E-state index contributed by atoms with van der Waals surface area (Å²) in [7, 11) is 0. The molecule has 1 N–H and O–H groups in total. The summed E-state index contributed by atoms with van der Waals surface area (Å²) in [6.07, 6.45) is 2.96. The molecule has 0 saturated heterocycles. The molecule has 11 nitrogen and oxygen atoms in total. The maximum Gasteiger partial charge on any atom is 0.220 e. The molecule has 40 heavy (non-hydrogen) atoms. The van der Waals surface area contributed by atoms with Crippen molar-refractivity contribution in [2.45, 2.75) is 67.2 Å². The molecule has 0 aliphatic heterocycles. The third kappa shape index (κ3) is 43.9. The molecule has 0 saturated carbocycles. The summed E-state index contributed by atoms with van der Waals surface area (Å²) in [5.74, 6) is 0.206. The zero-order chi connectivity index (χ0) is 30.4. The van der Waals surface area contributed by atoms with Crippen LogP contribution in [0.1, 0.15) is 68.7 Å². The number of Topliss-reactive ketones (excluding diaryl/α,β-unsaturated/α-hetero) is 1. The predicted octanol–water partition coefficient (Wildman–Crippen LogP) is 3.70. The van der Waals surface area contributed by atoms with Crippen LogP contribution >= 0.6 is 0 Å². The molecule has 0 unspecified atom stereocenters. The highest BCUT2D eigenvalue weighted by atomic mass is 16.6. The predicted molar refractivity (Wildman–Crippen MR) is 159 cm³/mol. The Morgan fingerprint density at radius 1 is 0.500 bits per heavy atom. The summed E-state index contributed by atoms with van der Waals surface area (Å²) in [6.45, 7) is 20.0. The van der Waals surface area contributed by atoms with Gasteiger partial charge >= 0.3 is 0 Å². The second kappa shape index (κ2) is 42.3. The summed E-state index contributed by atoms with van der Waals surface area (Å²) >= 11 is 0. The molecule has 0 aromatic heterocycles. The Morgan fingerprint density at radius 2 is 0.800 bits per heavy atom. The number of nitrogens with one attached hydrogen (secondary N) is 1. The van der Waals surface area contributed by atoms with E-state index in [0.717, 1.165) is 12.8 Å². The lowest BCUT2D eigenvalue weighted by atomic mass is 10.2. The van der Waals surface area contributed by atoms with Gasteiger partial charge in [0.2, 0.25) is 5.91 Å². The van der Waals surface area contributed by atoms with Crippen LogP contribution in [0.3, 0.4) is 0 Å². The molecule has 1 amide bonds. The Kier molecular flexibility index (Phi) is 45.8. The Bertz CT molecular complexity index is 491. The average molecular weight is 586 g/mol. The van der Waals surface area contributed by atoms with Crippen LogP contribution in [0.25, 0.3) is 0 Å². The number of carbonyl (C=O) groups excluding carboxylic acids is 2. The highest BCUT2D eigenvalue weighted by Gasteiger charge is 1.99. The maximum absolute atomic E-state index is 11.4. The minimum absolute atomic E-state index is 0. The number of hydrogen-bond donors (Lipinski definition) is 1. The van der Waals surface area contributed by atoms with Crippen molar-refractivity contribution >= 4 is 11.7 Å². The largest absolute Gasteiger partial charge is 0.379 e. The van der Waals surface area contributed by atoms with Gasteiger partial charge in [0.25, 0.3) is 0 Å². The van der Waals surface area contributed by atoms with Crippen LogP contribution in [0.15, 0.2) is 0 Å². The second-order valence-electron chi connectivity index (χ2n) is 7.80. The van der Waals surface area contributed by atoms with Gasteiger partial charge in [-0.1, -0.05) is 41.0 Å². The van der Waals surface area contributed by atoms with E-state index in [0.29, 0.717) is 125 Å². The Hall–Kier alpha value is -1.18. The zero-order valence-electron chi connectivity index (χ0n) is 26.4. The highest BCUT2D eigenvalue weighted by molar-refractivity contribution is 5.75. The fraction of sp³-hybridized carbons (Fsp3) is 0.931. The highest BCUT2D eigenvalue weighted by Crippen LogP contribution is 1.92. The molecule has 0 aromatic rings. The minimum Gasteiger partial charge on any atom is -0.379 e. The van der Waals surface area contributed by atoms with E-state index in [2.05, 4.69) is 12.2 Å². The summed E-state index contributed by atoms with van der Waals surface area (Å²) < 4.78 is 43.1. The van der Waals surface area contributed by atoms with Gasteiger partial charge in [-0.3, -0.25) is 9.59 Å². The van der Waals surface area contributed by atoms with Crippen molar-refractivity contribution in [2.24, 2.45) is 0 Å². The fourth-order valence-corrected chi connectivity index (χ4v) is 2.55. The van der Waals surface area contributed by atoms with Gasteiger partial charge in [-0.25, -0.2) is 0 Å². The lowest BCUT2D eigenvalue weighted by Gasteiger charge is -2.09. The molecular formula is C29H63NO10. The van der Waals surface area contributed by atoms with Crippen LogP contribution in [0.2, 0.25) is 0 Å². The first-order valence-electron chi connectivity index (χ1n) is 15.0. The SMILES string of the molecule is CC.CC.CCCCC(=O)NCCOCCOCCOCCOCCOCCOCCOCCOCCC(C)=O.[HH]. The van der Waals surface area contributed by atoms with E-state index in [9.17, 15) is 9.59 Å². The van der Waals surface area contributed by atoms with Crippen LogP contribution in [0.5, 0.6) is 0 Å². The van der Waals surface area contributed by atoms with Crippen LogP contribution in [0, 0.1) is 0 Å². The first kappa shape index (κ1) is 43.3. The van der Waals surface area contributed by atoms with E-state index in [1.165, 1.54) is 0 Å². The third-order valence-corrected chi connectivity index (χ3v) is 4.53. The Labute approximate surface area is 245 Å². The smallest absolute Gasteiger partial charge is 0.220 e. The number of ketones is 1. The van der Waals surface area contributed by atoms with Crippen molar-refractivity contribution in [2.75, 3.05) is 112 Å². The van der Waals surface area contributed by atoms with Crippen LogP contribution in [0.4, 0.5) is 0 Å². The topological polar surface area (TPSA) is 120 Å². The molecule has 0 atom stereocenters. The standard InChI is InChI=1S/C25H49NO10.2C2H6.H2/c1-3-4-5-25(28)26-7-9-30-11-13-32-15-17-34-19-21-36-23-22-35-20-18-33-16-14-31-12-10-29-8-6-24(2)27;2*1-2;/h3-23H2,1-2H3,(H,26,28);2*1-2H3;1H. The summed E-state index contributed by atoms with van der Waals surface area (Å²) in [6, 6.07) is 0. The van der Waals surface area contributed by atoms with Gasteiger partial charge in [-0.15, -0.1) is 0 Å². The van der Waals surface area contributed by atoms with E-state index in [4.69, 9.17) is 37.9 Å². The lowest BCUT2D eigenvalue weighted by Crippen LogP contribution is -2.27. The van der Waals surface area contributed by atoms with Crippen molar-refractivity contribution in [3.05, 3.63) is 0 Å². The molecule has 0 aromatic carbocycles. The van der Waals surface area contributed by atoms with Crippen molar-refractivity contribution < 1.29 is 48.9 Å². The molecule has 0 rings (SSSR count). The van der Waals surface area contributed by atoms with Gasteiger partial charge < -0.3 is 43.2 Å². The van der Waals surface area contributed by atoms with Crippen LogP contribution in [-0.4, -0.2) is 124 Å². The van der Waals surface area contributed by atoms with Gasteiger partial charge in [-0.2, -0.15) is 0 Å². The first-order chi connectivity index (χ1) is 19.7. The van der Waals surface area contributed by atoms with Gasteiger partial charge in [-0.05, 0) is 13.3 Å². The van der Waals surface area contributed by atoms with Crippen molar-refractivity contribution in [1.29, 1.82) is 0 Å². The lowest BCUT2D eigenvalue weighted by molar-refractivity contribution is -0.121. The number of amides is 1. The molecule has 0 bridgehead atoms. The molecule has 244 valence electrons. The summed E-state index contributed by atoms with van der Waals surface area (Å²) in [5.41, 5.74) is 0. The summed E-state index contributed by atoms with van der Waals surface area (Å²) in [5, 5.41) is 2.82. The van der Waals surface area contributed by atoms with Crippen LogP contribution in [-0.2, 0) is 47.5 Å². The molecule has 0 heterocycles. The molecule has 0 radical (unpaired) electrons. The number of hydrogen-bond acceptors (Lipinski definition) is 10. The Morgan fingerprint density at radius 3 is 1.10 bits per heavy atom. The van der Waals surface area contributed by atoms with Gasteiger partial charge in [0.1, 0.15) is 5.78 Å². The maximum atomic E-state index is 11.4. The molecule has 0 fully saturated rings. The fourth-order valence-electron chi connectivity index (χ4n) is 2.55. The molecule has 0 spiro atoms.